The fourth-order valence-corrected chi connectivity index (χ4v) is 5.28. The van der Waals surface area contributed by atoms with Gasteiger partial charge >= 0.3 is 0 Å². The third kappa shape index (κ3) is 4.81. The van der Waals surface area contributed by atoms with E-state index in [4.69, 9.17) is 9.53 Å². The van der Waals surface area contributed by atoms with Gasteiger partial charge in [-0.15, -0.1) is 0 Å². The second-order valence-corrected chi connectivity index (χ2v) is 10.2. The van der Waals surface area contributed by atoms with Crippen LogP contribution >= 0.6 is 0 Å². The summed E-state index contributed by atoms with van der Waals surface area (Å²) in [4.78, 5) is 0. The van der Waals surface area contributed by atoms with Gasteiger partial charge in [-0.1, -0.05) is 75.4 Å². The normalized spacial score (nSPS) is 20.0. The molecule has 3 heteroatoms. The Morgan fingerprint density at radius 2 is 1.60 bits per heavy atom. The molecule has 25 heavy (non-hydrogen) atoms. The van der Waals surface area contributed by atoms with Crippen molar-refractivity contribution in [3.8, 4) is 0 Å². The highest BCUT2D eigenvalue weighted by Gasteiger charge is 2.37. The average Bonchev–Trinajstić information content (AvgIpc) is 3.34. The van der Waals surface area contributed by atoms with Crippen LogP contribution in [0.2, 0.25) is 0 Å². The van der Waals surface area contributed by atoms with E-state index in [1.165, 1.54) is 22.4 Å². The topological polar surface area (TPSA) is 29.5 Å². The van der Waals surface area contributed by atoms with E-state index in [0.29, 0.717) is 18.4 Å². The van der Waals surface area contributed by atoms with Gasteiger partial charge in [-0.3, -0.25) is 0 Å². The number of hydrogen-bond donors (Lipinski definition) is 1. The molecule has 0 unspecified atom stereocenters. The van der Waals surface area contributed by atoms with Gasteiger partial charge in [0.15, 0.2) is 0 Å². The summed E-state index contributed by atoms with van der Waals surface area (Å²) in [6, 6.07) is 19.6. The van der Waals surface area contributed by atoms with Crippen LogP contribution in [-0.2, 0) is 9.84 Å². The maximum Gasteiger partial charge on any atom is 0.282 e. The van der Waals surface area contributed by atoms with Crippen LogP contribution in [0.1, 0.15) is 39.2 Å². The fourth-order valence-electron chi connectivity index (χ4n) is 3.27. The van der Waals surface area contributed by atoms with E-state index in [0.717, 1.165) is 13.0 Å². The van der Waals surface area contributed by atoms with Crippen molar-refractivity contribution in [3.63, 3.8) is 0 Å². The van der Waals surface area contributed by atoms with Crippen LogP contribution in [0, 0.1) is 11.8 Å². The third-order valence-corrected chi connectivity index (χ3v) is 7.23. The highest BCUT2D eigenvalue weighted by atomic mass is 28.3. The minimum atomic E-state index is -1.22. The second-order valence-electron chi connectivity index (χ2n) is 8.10. The Balaban J connectivity index is 1.75. The van der Waals surface area contributed by atoms with Gasteiger partial charge < -0.3 is 9.53 Å². The lowest BCUT2D eigenvalue weighted by molar-refractivity contribution is 0.263. The first kappa shape index (κ1) is 18.4. The summed E-state index contributed by atoms with van der Waals surface area (Å²) in [7, 11) is -1.22. The first-order chi connectivity index (χ1) is 12.0. The van der Waals surface area contributed by atoms with Crippen molar-refractivity contribution in [1.82, 2.24) is 0 Å². The molecule has 0 spiro atoms. The zero-order valence-electron chi connectivity index (χ0n) is 15.5. The van der Waals surface area contributed by atoms with E-state index >= 15 is 0 Å². The Bertz CT molecular complexity index is 661. The summed E-state index contributed by atoms with van der Waals surface area (Å²) in [6.45, 7) is 7.85. The molecule has 0 heterocycles. The lowest BCUT2D eigenvalue weighted by atomic mass is 9.87. The zero-order valence-corrected chi connectivity index (χ0v) is 16.5. The Hall–Kier alpha value is -1.42. The lowest BCUT2D eigenvalue weighted by Crippen LogP contribution is -2.45. The average molecular weight is 354 g/mol. The minimum absolute atomic E-state index is 0.171. The van der Waals surface area contributed by atoms with Crippen molar-refractivity contribution in [2.24, 2.45) is 11.8 Å². The Morgan fingerprint density at radius 1 is 0.960 bits per heavy atom. The first-order valence-corrected chi connectivity index (χ1v) is 10.7. The Kier molecular flexibility index (Phi) is 5.77. The summed E-state index contributed by atoms with van der Waals surface area (Å²) in [5, 5.41) is 11.7. The quantitative estimate of drug-likeness (QED) is 0.775. The van der Waals surface area contributed by atoms with Gasteiger partial charge in [0.25, 0.3) is 9.04 Å². The van der Waals surface area contributed by atoms with E-state index in [1.54, 1.807) is 0 Å². The zero-order chi connectivity index (χ0) is 17.9. The molecule has 3 rings (SSSR count). The highest BCUT2D eigenvalue weighted by molar-refractivity contribution is 6.80. The van der Waals surface area contributed by atoms with Crippen LogP contribution in [0.3, 0.4) is 0 Å². The van der Waals surface area contributed by atoms with Crippen LogP contribution in [-0.4, -0.2) is 27.4 Å². The van der Waals surface area contributed by atoms with Crippen molar-refractivity contribution in [3.05, 3.63) is 60.2 Å². The molecule has 0 saturated heterocycles. The molecule has 1 aliphatic rings. The van der Waals surface area contributed by atoms with Gasteiger partial charge in [-0.2, -0.15) is 0 Å². The summed E-state index contributed by atoms with van der Waals surface area (Å²) >= 11 is 0. The van der Waals surface area contributed by atoms with Crippen LogP contribution in [0.4, 0.5) is 0 Å². The SMILES string of the molecule is CC(C)(C)c1ccc([Si](OC[C@H]2C[C@H]2CCO)c2ccccc2)cc1. The lowest BCUT2D eigenvalue weighted by Gasteiger charge is -2.21. The van der Waals surface area contributed by atoms with Gasteiger partial charge in [-0.05, 0) is 46.0 Å². The first-order valence-electron chi connectivity index (χ1n) is 9.26. The maximum atomic E-state index is 9.09. The number of aliphatic hydroxyl groups excluding tert-OH is 1. The molecule has 1 N–H and O–H groups in total. The molecule has 1 aliphatic carbocycles. The summed E-state index contributed by atoms with van der Waals surface area (Å²) < 4.78 is 6.46. The molecule has 2 aromatic rings. The predicted molar refractivity (Wildman–Crippen MR) is 106 cm³/mol. The molecule has 0 bridgehead atoms. The van der Waals surface area contributed by atoms with Gasteiger partial charge in [-0.25, -0.2) is 0 Å². The fraction of sp³-hybridized carbons (Fsp3) is 0.455. The molecule has 1 saturated carbocycles. The summed E-state index contributed by atoms with van der Waals surface area (Å²) in [5.41, 5.74) is 1.53. The minimum Gasteiger partial charge on any atom is -0.407 e. The van der Waals surface area contributed by atoms with Gasteiger partial charge in [0.05, 0.1) is 0 Å². The van der Waals surface area contributed by atoms with E-state index in [9.17, 15) is 0 Å². The summed E-state index contributed by atoms with van der Waals surface area (Å²) in [6.07, 6.45) is 2.12. The number of hydrogen-bond acceptors (Lipinski definition) is 2. The standard InChI is InChI=1S/C22H29O2Si/c1-22(2,3)19-9-11-21(12-10-19)25(20-7-5-4-6-8-20)24-16-18-15-17(18)13-14-23/h4-12,17-18,23H,13-16H2,1-3H3/t17-,18-/m1/s1. The molecule has 2 atom stereocenters. The van der Waals surface area contributed by atoms with Crippen molar-refractivity contribution < 1.29 is 9.53 Å². The van der Waals surface area contributed by atoms with E-state index in [-0.39, 0.29) is 5.41 Å². The van der Waals surface area contributed by atoms with E-state index < -0.39 is 9.04 Å². The molecule has 0 aromatic heterocycles. The highest BCUT2D eigenvalue weighted by Crippen LogP contribution is 2.41. The summed E-state index contributed by atoms with van der Waals surface area (Å²) in [5.74, 6) is 1.29. The van der Waals surface area contributed by atoms with E-state index in [2.05, 4.69) is 75.4 Å². The second kappa shape index (κ2) is 7.86. The third-order valence-electron chi connectivity index (χ3n) is 5.06. The predicted octanol–water partition coefficient (Wildman–Crippen LogP) is 3.12. The Morgan fingerprint density at radius 3 is 2.20 bits per heavy atom. The maximum absolute atomic E-state index is 9.09. The smallest absolute Gasteiger partial charge is 0.282 e. The van der Waals surface area contributed by atoms with Crippen LogP contribution < -0.4 is 10.4 Å². The molecule has 1 radical (unpaired) electrons. The number of aliphatic hydroxyl groups is 1. The van der Waals surface area contributed by atoms with E-state index in [1.807, 2.05) is 0 Å². The van der Waals surface area contributed by atoms with Crippen LogP contribution in [0.15, 0.2) is 54.6 Å². The Labute approximate surface area is 153 Å². The largest absolute Gasteiger partial charge is 0.407 e. The van der Waals surface area contributed by atoms with Crippen LogP contribution in [0.5, 0.6) is 0 Å². The van der Waals surface area contributed by atoms with Crippen LogP contribution in [0.25, 0.3) is 0 Å². The monoisotopic (exact) mass is 353 g/mol. The van der Waals surface area contributed by atoms with Gasteiger partial charge in [0, 0.05) is 13.2 Å². The van der Waals surface area contributed by atoms with Crippen molar-refractivity contribution in [2.45, 2.75) is 39.0 Å². The van der Waals surface area contributed by atoms with Crippen molar-refractivity contribution >= 4 is 19.4 Å². The number of benzene rings is 2. The molecular formula is C22H29O2Si. The molecule has 2 nitrogen and oxygen atoms in total. The molecule has 0 aliphatic heterocycles. The molecule has 2 aromatic carbocycles. The van der Waals surface area contributed by atoms with Crippen molar-refractivity contribution in [1.29, 1.82) is 0 Å². The molecule has 133 valence electrons. The van der Waals surface area contributed by atoms with Crippen molar-refractivity contribution in [2.75, 3.05) is 13.2 Å². The molecular weight excluding hydrogens is 324 g/mol. The molecule has 0 amide bonds. The number of rotatable bonds is 7. The van der Waals surface area contributed by atoms with Gasteiger partial charge in [0.1, 0.15) is 0 Å². The van der Waals surface area contributed by atoms with Gasteiger partial charge in [0.2, 0.25) is 0 Å². The molecule has 1 fully saturated rings.